The highest BCUT2D eigenvalue weighted by Crippen LogP contribution is 2.17. The Morgan fingerprint density at radius 2 is 1.83 bits per heavy atom. The van der Waals surface area contributed by atoms with Crippen molar-refractivity contribution in [1.82, 2.24) is 14.9 Å². The summed E-state index contributed by atoms with van der Waals surface area (Å²) in [5.74, 6) is -0.571. The third kappa shape index (κ3) is 3.63. The van der Waals surface area contributed by atoms with Crippen LogP contribution in [0.1, 0.15) is 10.4 Å². The van der Waals surface area contributed by atoms with Crippen molar-refractivity contribution >= 4 is 5.91 Å². The summed E-state index contributed by atoms with van der Waals surface area (Å²) in [4.78, 5) is 16.2. The lowest BCUT2D eigenvalue weighted by Crippen LogP contribution is -2.27. The van der Waals surface area contributed by atoms with Crippen LogP contribution in [-0.4, -0.2) is 22.0 Å². The number of halogens is 1. The van der Waals surface area contributed by atoms with Crippen LogP contribution in [0.3, 0.4) is 0 Å². The molecule has 0 aliphatic heterocycles. The van der Waals surface area contributed by atoms with Crippen LogP contribution in [0.25, 0.3) is 11.3 Å². The molecule has 0 spiro atoms. The molecule has 0 atom stereocenters. The van der Waals surface area contributed by atoms with Crippen molar-refractivity contribution in [3.63, 3.8) is 0 Å². The largest absolute Gasteiger partial charge is 0.350 e. The normalized spacial score (nSPS) is 10.5. The van der Waals surface area contributed by atoms with Gasteiger partial charge in [0.05, 0.1) is 18.2 Å². The predicted molar refractivity (Wildman–Crippen MR) is 86.4 cm³/mol. The van der Waals surface area contributed by atoms with E-state index in [4.69, 9.17) is 0 Å². The van der Waals surface area contributed by atoms with Gasteiger partial charge in [-0.2, -0.15) is 0 Å². The first kappa shape index (κ1) is 15.0. The number of rotatable bonds is 5. The van der Waals surface area contributed by atoms with Crippen LogP contribution in [0.15, 0.2) is 67.1 Å². The van der Waals surface area contributed by atoms with Gasteiger partial charge in [-0.15, -0.1) is 0 Å². The van der Waals surface area contributed by atoms with E-state index in [1.807, 2.05) is 34.9 Å². The van der Waals surface area contributed by atoms with Crippen LogP contribution in [-0.2, 0) is 6.54 Å². The van der Waals surface area contributed by atoms with Crippen LogP contribution in [0.2, 0.25) is 0 Å². The number of carbonyl (C=O) groups is 1. The highest BCUT2D eigenvalue weighted by atomic mass is 19.1. The summed E-state index contributed by atoms with van der Waals surface area (Å²) in [6.45, 7) is 1.07. The molecule has 1 N–H and O–H groups in total. The quantitative estimate of drug-likeness (QED) is 0.787. The van der Waals surface area contributed by atoms with Gasteiger partial charge in [-0.05, 0) is 29.8 Å². The first-order chi connectivity index (χ1) is 11.2. The number of hydrogen-bond acceptors (Lipinski definition) is 2. The van der Waals surface area contributed by atoms with E-state index in [1.165, 1.54) is 24.3 Å². The van der Waals surface area contributed by atoms with Gasteiger partial charge in [0.2, 0.25) is 0 Å². The first-order valence-corrected chi connectivity index (χ1v) is 7.33. The van der Waals surface area contributed by atoms with Gasteiger partial charge in [-0.1, -0.05) is 30.3 Å². The number of imidazole rings is 1. The number of carbonyl (C=O) groups excluding carboxylic acids is 1. The monoisotopic (exact) mass is 309 g/mol. The van der Waals surface area contributed by atoms with E-state index in [0.29, 0.717) is 18.7 Å². The molecule has 0 unspecified atom stereocenters. The van der Waals surface area contributed by atoms with Gasteiger partial charge in [0.25, 0.3) is 5.91 Å². The van der Waals surface area contributed by atoms with Crippen molar-refractivity contribution in [2.45, 2.75) is 6.54 Å². The summed E-state index contributed by atoms with van der Waals surface area (Å²) in [6.07, 6.45) is 3.55. The van der Waals surface area contributed by atoms with Gasteiger partial charge in [-0.25, -0.2) is 9.37 Å². The van der Waals surface area contributed by atoms with Crippen LogP contribution in [0.5, 0.6) is 0 Å². The molecule has 1 amide bonds. The molecule has 0 bridgehead atoms. The van der Waals surface area contributed by atoms with E-state index in [-0.39, 0.29) is 11.7 Å². The Balaban J connectivity index is 1.60. The second-order valence-electron chi connectivity index (χ2n) is 5.10. The molecule has 0 aliphatic rings. The van der Waals surface area contributed by atoms with Crippen LogP contribution in [0, 0.1) is 5.82 Å². The fraction of sp³-hybridized carbons (Fsp3) is 0.111. The zero-order valence-corrected chi connectivity index (χ0v) is 12.4. The van der Waals surface area contributed by atoms with Gasteiger partial charge in [0.15, 0.2) is 0 Å². The Kier molecular flexibility index (Phi) is 4.47. The molecule has 0 aliphatic carbocycles. The molecule has 1 heterocycles. The van der Waals surface area contributed by atoms with E-state index in [9.17, 15) is 9.18 Å². The van der Waals surface area contributed by atoms with Gasteiger partial charge in [-0.3, -0.25) is 4.79 Å². The fourth-order valence-electron chi connectivity index (χ4n) is 2.34. The molecule has 0 fully saturated rings. The van der Waals surface area contributed by atoms with Crippen molar-refractivity contribution in [2.75, 3.05) is 6.54 Å². The molecule has 2 aromatic carbocycles. The summed E-state index contributed by atoms with van der Waals surface area (Å²) in [5.41, 5.74) is 2.52. The van der Waals surface area contributed by atoms with Crippen LogP contribution < -0.4 is 5.32 Å². The lowest BCUT2D eigenvalue weighted by molar-refractivity contribution is 0.0952. The van der Waals surface area contributed by atoms with Crippen molar-refractivity contribution < 1.29 is 9.18 Å². The Hall–Kier alpha value is -2.95. The maximum absolute atomic E-state index is 12.9. The molecule has 23 heavy (non-hydrogen) atoms. The van der Waals surface area contributed by atoms with Gasteiger partial charge in [0.1, 0.15) is 5.82 Å². The standard InChI is InChI=1S/C18H16FN3O/c19-16-8-6-15(7-9-16)18(23)21-10-11-22-13-20-12-17(22)14-4-2-1-3-5-14/h1-9,12-13H,10-11H2,(H,21,23). The van der Waals surface area contributed by atoms with Gasteiger partial charge in [0, 0.05) is 18.7 Å². The third-order valence-corrected chi connectivity index (χ3v) is 3.53. The maximum atomic E-state index is 12.9. The molecule has 3 aromatic rings. The average molecular weight is 309 g/mol. The second-order valence-corrected chi connectivity index (χ2v) is 5.10. The topological polar surface area (TPSA) is 46.9 Å². The molecule has 0 saturated heterocycles. The molecule has 116 valence electrons. The molecule has 1 aromatic heterocycles. The van der Waals surface area contributed by atoms with Crippen molar-refractivity contribution in [3.05, 3.63) is 78.5 Å². The third-order valence-electron chi connectivity index (χ3n) is 3.53. The first-order valence-electron chi connectivity index (χ1n) is 7.33. The van der Waals surface area contributed by atoms with E-state index in [1.54, 1.807) is 12.5 Å². The summed E-state index contributed by atoms with van der Waals surface area (Å²) in [7, 11) is 0. The van der Waals surface area contributed by atoms with Gasteiger partial charge >= 0.3 is 0 Å². The highest BCUT2D eigenvalue weighted by Gasteiger charge is 2.07. The highest BCUT2D eigenvalue weighted by molar-refractivity contribution is 5.94. The zero-order valence-electron chi connectivity index (χ0n) is 12.4. The van der Waals surface area contributed by atoms with E-state index >= 15 is 0 Å². The summed E-state index contributed by atoms with van der Waals surface area (Å²) < 4.78 is 14.8. The molecule has 0 radical (unpaired) electrons. The minimum Gasteiger partial charge on any atom is -0.350 e. The Bertz CT molecular complexity index is 782. The molecule has 3 rings (SSSR count). The van der Waals surface area contributed by atoms with Crippen molar-refractivity contribution in [1.29, 1.82) is 0 Å². The number of benzene rings is 2. The minimum absolute atomic E-state index is 0.216. The molecule has 0 saturated carbocycles. The molecule has 5 heteroatoms. The Morgan fingerprint density at radius 1 is 1.09 bits per heavy atom. The summed E-state index contributed by atoms with van der Waals surface area (Å²) in [5, 5.41) is 2.83. The maximum Gasteiger partial charge on any atom is 0.251 e. The predicted octanol–water partition coefficient (Wildman–Crippen LogP) is 3.12. The lowest BCUT2D eigenvalue weighted by Gasteiger charge is -2.09. The number of aromatic nitrogens is 2. The van der Waals surface area contributed by atoms with E-state index in [2.05, 4.69) is 10.3 Å². The molecular formula is C18H16FN3O. The average Bonchev–Trinajstić information content (AvgIpc) is 3.05. The smallest absolute Gasteiger partial charge is 0.251 e. The Morgan fingerprint density at radius 3 is 2.57 bits per heavy atom. The lowest BCUT2D eigenvalue weighted by atomic mass is 10.2. The summed E-state index contributed by atoms with van der Waals surface area (Å²) in [6, 6.07) is 15.4. The number of hydrogen-bond donors (Lipinski definition) is 1. The number of amides is 1. The Labute approximate surface area is 133 Å². The number of nitrogens with one attached hydrogen (secondary N) is 1. The van der Waals surface area contributed by atoms with Crippen LogP contribution in [0.4, 0.5) is 4.39 Å². The summed E-state index contributed by atoms with van der Waals surface area (Å²) >= 11 is 0. The van der Waals surface area contributed by atoms with E-state index < -0.39 is 0 Å². The fourth-order valence-corrected chi connectivity index (χ4v) is 2.34. The number of nitrogens with zero attached hydrogens (tertiary/aromatic N) is 2. The second kappa shape index (κ2) is 6.87. The van der Waals surface area contributed by atoms with E-state index in [0.717, 1.165) is 11.3 Å². The van der Waals surface area contributed by atoms with Crippen molar-refractivity contribution in [2.24, 2.45) is 0 Å². The minimum atomic E-state index is -0.354. The van der Waals surface area contributed by atoms with Crippen molar-refractivity contribution in [3.8, 4) is 11.3 Å². The molecule has 4 nitrogen and oxygen atoms in total. The van der Waals surface area contributed by atoms with Gasteiger partial charge < -0.3 is 9.88 Å². The molecular weight excluding hydrogens is 293 g/mol. The SMILES string of the molecule is O=C(NCCn1cncc1-c1ccccc1)c1ccc(F)cc1. The van der Waals surface area contributed by atoms with Crippen LogP contribution >= 0.6 is 0 Å². The zero-order chi connectivity index (χ0) is 16.1.